The van der Waals surface area contributed by atoms with Gasteiger partial charge in [-0.3, -0.25) is 19.3 Å². The zero-order chi connectivity index (χ0) is 18.8. The summed E-state index contributed by atoms with van der Waals surface area (Å²) in [7, 11) is 0. The normalized spacial score (nSPS) is 12.0. The fraction of sp³-hybridized carbons (Fsp3) is 0.600. The molecule has 0 aliphatic heterocycles. The standard InChI is InChI=1S/C20H32N6/c1-5-9-21-15-19-13-17(3)25(23-19)11-7-8-12-26-18(4)14-20(24-26)16-22-10-6-2/h13-16H,5-12H2,1-4H3. The Bertz CT molecular complexity index is 660. The predicted octanol–water partition coefficient (Wildman–Crippen LogP) is 3.83. The second kappa shape index (κ2) is 10.7. The van der Waals surface area contributed by atoms with E-state index < -0.39 is 0 Å². The summed E-state index contributed by atoms with van der Waals surface area (Å²) in [6, 6.07) is 4.19. The first-order valence-corrected chi connectivity index (χ1v) is 9.72. The van der Waals surface area contributed by atoms with Gasteiger partial charge in [0.1, 0.15) is 11.4 Å². The van der Waals surface area contributed by atoms with E-state index in [1.165, 1.54) is 11.4 Å². The van der Waals surface area contributed by atoms with Crippen LogP contribution in [0.5, 0.6) is 0 Å². The van der Waals surface area contributed by atoms with Crippen LogP contribution in [0, 0.1) is 13.8 Å². The van der Waals surface area contributed by atoms with Crippen LogP contribution < -0.4 is 0 Å². The third kappa shape index (κ3) is 6.24. The van der Waals surface area contributed by atoms with Crippen LogP contribution in [-0.2, 0) is 13.1 Å². The van der Waals surface area contributed by atoms with Crippen molar-refractivity contribution in [3.05, 3.63) is 34.9 Å². The number of aliphatic imine (C=N–C) groups is 2. The van der Waals surface area contributed by atoms with Crippen LogP contribution in [0.4, 0.5) is 0 Å². The highest BCUT2D eigenvalue weighted by Crippen LogP contribution is 2.07. The third-order valence-electron chi connectivity index (χ3n) is 4.14. The van der Waals surface area contributed by atoms with Crippen molar-refractivity contribution in [2.45, 2.75) is 66.5 Å². The summed E-state index contributed by atoms with van der Waals surface area (Å²) in [6.07, 6.45) is 8.03. The summed E-state index contributed by atoms with van der Waals surface area (Å²) < 4.78 is 4.15. The molecule has 0 aromatic carbocycles. The first-order chi connectivity index (χ1) is 12.6. The molecule has 142 valence electrons. The Hall–Kier alpha value is -2.24. The predicted molar refractivity (Wildman–Crippen MR) is 109 cm³/mol. The first kappa shape index (κ1) is 20.1. The van der Waals surface area contributed by atoms with Gasteiger partial charge >= 0.3 is 0 Å². The minimum atomic E-state index is 0.861. The molecule has 6 heteroatoms. The summed E-state index contributed by atoms with van der Waals surface area (Å²) in [5.41, 5.74) is 4.28. The van der Waals surface area contributed by atoms with Crippen LogP contribution in [0.1, 0.15) is 62.3 Å². The Balaban J connectivity index is 1.80. The second-order valence-electron chi connectivity index (χ2n) is 6.65. The molecule has 0 amide bonds. The van der Waals surface area contributed by atoms with E-state index >= 15 is 0 Å². The van der Waals surface area contributed by atoms with Gasteiger partial charge in [0.05, 0.1) is 0 Å². The van der Waals surface area contributed by atoms with E-state index in [2.05, 4.69) is 69.4 Å². The van der Waals surface area contributed by atoms with Crippen molar-refractivity contribution in [3.63, 3.8) is 0 Å². The van der Waals surface area contributed by atoms with Gasteiger partial charge in [-0.1, -0.05) is 13.8 Å². The van der Waals surface area contributed by atoms with Crippen LogP contribution in [0.15, 0.2) is 22.1 Å². The molecule has 0 aliphatic rings. The highest BCUT2D eigenvalue weighted by atomic mass is 15.3. The van der Waals surface area contributed by atoms with E-state index in [-0.39, 0.29) is 0 Å². The Kier molecular flexibility index (Phi) is 8.25. The molecule has 0 bridgehead atoms. The van der Waals surface area contributed by atoms with Crippen LogP contribution in [0.2, 0.25) is 0 Å². The maximum Gasteiger partial charge on any atom is 0.103 e. The van der Waals surface area contributed by atoms with Gasteiger partial charge in [-0.2, -0.15) is 10.2 Å². The molecule has 2 heterocycles. The molecule has 0 fully saturated rings. The summed E-state index contributed by atoms with van der Waals surface area (Å²) in [5, 5.41) is 9.23. The molecule has 2 aromatic rings. The SMILES string of the molecule is CCCN=Cc1cc(C)n(CCCCn2nc(C=NCCC)cc2C)n1. The van der Waals surface area contributed by atoms with Crippen molar-refractivity contribution >= 4 is 12.4 Å². The Morgan fingerprint density at radius 2 is 1.23 bits per heavy atom. The van der Waals surface area contributed by atoms with Gasteiger partial charge < -0.3 is 0 Å². The van der Waals surface area contributed by atoms with E-state index in [0.29, 0.717) is 0 Å². The third-order valence-corrected chi connectivity index (χ3v) is 4.14. The average molecular weight is 357 g/mol. The number of hydrogen-bond acceptors (Lipinski definition) is 4. The van der Waals surface area contributed by atoms with E-state index in [0.717, 1.165) is 63.3 Å². The molecular weight excluding hydrogens is 324 g/mol. The maximum absolute atomic E-state index is 4.62. The van der Waals surface area contributed by atoms with Crippen molar-refractivity contribution in [2.75, 3.05) is 13.1 Å². The van der Waals surface area contributed by atoms with Crippen LogP contribution >= 0.6 is 0 Å². The number of nitrogens with zero attached hydrogens (tertiary/aromatic N) is 6. The molecule has 26 heavy (non-hydrogen) atoms. The number of hydrogen-bond donors (Lipinski definition) is 0. The molecule has 0 aliphatic carbocycles. The fourth-order valence-corrected chi connectivity index (χ4v) is 2.75. The lowest BCUT2D eigenvalue weighted by Crippen LogP contribution is -2.07. The average Bonchev–Trinajstić information content (AvgIpc) is 3.14. The molecule has 2 aromatic heterocycles. The second-order valence-corrected chi connectivity index (χ2v) is 6.65. The molecule has 0 unspecified atom stereocenters. The minimum absolute atomic E-state index is 0.861. The molecule has 0 N–H and O–H groups in total. The molecule has 0 spiro atoms. The molecule has 6 nitrogen and oxygen atoms in total. The lowest BCUT2D eigenvalue weighted by atomic mass is 10.3. The topological polar surface area (TPSA) is 60.4 Å². The highest BCUT2D eigenvalue weighted by molar-refractivity contribution is 5.77. The van der Waals surface area contributed by atoms with Gasteiger partial charge in [0, 0.05) is 50.0 Å². The van der Waals surface area contributed by atoms with Crippen molar-refractivity contribution in [1.29, 1.82) is 0 Å². The molecule has 0 saturated heterocycles. The number of aryl methyl sites for hydroxylation is 4. The highest BCUT2D eigenvalue weighted by Gasteiger charge is 2.04. The van der Waals surface area contributed by atoms with Gasteiger partial charge in [-0.25, -0.2) is 0 Å². The van der Waals surface area contributed by atoms with Gasteiger partial charge in [-0.15, -0.1) is 0 Å². The van der Waals surface area contributed by atoms with E-state index in [4.69, 9.17) is 0 Å². The summed E-state index contributed by atoms with van der Waals surface area (Å²) in [5.74, 6) is 0. The largest absolute Gasteiger partial charge is 0.291 e. The quantitative estimate of drug-likeness (QED) is 0.454. The van der Waals surface area contributed by atoms with Gasteiger partial charge in [-0.05, 0) is 51.7 Å². The maximum atomic E-state index is 4.62. The monoisotopic (exact) mass is 356 g/mol. The molecule has 2 rings (SSSR count). The summed E-state index contributed by atoms with van der Waals surface area (Å²) in [4.78, 5) is 8.73. The number of unbranched alkanes of at least 4 members (excludes halogenated alkanes) is 1. The summed E-state index contributed by atoms with van der Waals surface area (Å²) in [6.45, 7) is 12.0. The van der Waals surface area contributed by atoms with Crippen molar-refractivity contribution in [3.8, 4) is 0 Å². The van der Waals surface area contributed by atoms with Gasteiger partial charge in [0.25, 0.3) is 0 Å². The Labute approximate surface area is 157 Å². The van der Waals surface area contributed by atoms with Crippen molar-refractivity contribution in [2.24, 2.45) is 9.98 Å². The van der Waals surface area contributed by atoms with E-state index in [9.17, 15) is 0 Å². The molecule has 0 atom stereocenters. The lowest BCUT2D eigenvalue weighted by Gasteiger charge is -2.06. The zero-order valence-corrected chi connectivity index (χ0v) is 16.6. The van der Waals surface area contributed by atoms with Gasteiger partial charge in [0.15, 0.2) is 0 Å². The van der Waals surface area contributed by atoms with Gasteiger partial charge in [0.2, 0.25) is 0 Å². The van der Waals surface area contributed by atoms with Crippen LogP contribution in [-0.4, -0.2) is 45.1 Å². The number of rotatable bonds is 11. The molecule has 0 radical (unpaired) electrons. The van der Waals surface area contributed by atoms with Crippen LogP contribution in [0.3, 0.4) is 0 Å². The Morgan fingerprint density at radius 1 is 0.808 bits per heavy atom. The zero-order valence-electron chi connectivity index (χ0n) is 16.6. The van der Waals surface area contributed by atoms with Crippen molar-refractivity contribution in [1.82, 2.24) is 19.6 Å². The lowest BCUT2D eigenvalue weighted by molar-refractivity contribution is 0.490. The van der Waals surface area contributed by atoms with Crippen molar-refractivity contribution < 1.29 is 0 Å². The fourth-order valence-electron chi connectivity index (χ4n) is 2.75. The van der Waals surface area contributed by atoms with E-state index in [1.54, 1.807) is 0 Å². The molecule has 0 saturated carbocycles. The number of aromatic nitrogens is 4. The first-order valence-electron chi connectivity index (χ1n) is 9.72. The smallest absolute Gasteiger partial charge is 0.103 e. The molecular formula is C20H32N6. The Morgan fingerprint density at radius 3 is 1.62 bits per heavy atom. The minimum Gasteiger partial charge on any atom is -0.291 e. The van der Waals surface area contributed by atoms with E-state index in [1.807, 2.05) is 12.4 Å². The summed E-state index contributed by atoms with van der Waals surface area (Å²) >= 11 is 0. The van der Waals surface area contributed by atoms with Crippen LogP contribution in [0.25, 0.3) is 0 Å².